The van der Waals surface area contributed by atoms with Crippen molar-refractivity contribution in [1.82, 2.24) is 0 Å². The molecule has 3 aromatic rings. The zero-order valence-electron chi connectivity index (χ0n) is 13.4. The summed E-state index contributed by atoms with van der Waals surface area (Å²) in [4.78, 5) is 0.947. The fourth-order valence-corrected chi connectivity index (χ4v) is 4.56. The van der Waals surface area contributed by atoms with Crippen LogP contribution in [0.5, 0.6) is 5.75 Å². The third-order valence-electron chi connectivity index (χ3n) is 3.64. The molecule has 0 aliphatic rings. The number of rotatable bonds is 6. The van der Waals surface area contributed by atoms with Gasteiger partial charge in [0.1, 0.15) is 11.6 Å². The van der Waals surface area contributed by atoms with Crippen LogP contribution in [-0.2, 0) is 16.6 Å². The fraction of sp³-hybridized carbons (Fsp3) is 0.111. The van der Waals surface area contributed by atoms with E-state index < -0.39 is 15.8 Å². The lowest BCUT2D eigenvalue weighted by Gasteiger charge is -2.24. The van der Waals surface area contributed by atoms with Crippen LogP contribution in [0.3, 0.4) is 0 Å². The Balaban J connectivity index is 2.04. The lowest BCUT2D eigenvalue weighted by atomic mass is 10.3. The van der Waals surface area contributed by atoms with Gasteiger partial charge in [-0.25, -0.2) is 12.8 Å². The third-order valence-corrected chi connectivity index (χ3v) is 6.29. The first-order valence-electron chi connectivity index (χ1n) is 7.45. The molecule has 1 heterocycles. The Hall–Kier alpha value is -2.38. The fourth-order valence-electron chi connectivity index (χ4n) is 2.34. The second-order valence-corrected chi connectivity index (χ2v) is 8.14. The lowest BCUT2D eigenvalue weighted by Crippen LogP contribution is -2.30. The smallest absolute Gasteiger partial charge is 0.264 e. The van der Waals surface area contributed by atoms with Crippen LogP contribution in [-0.4, -0.2) is 15.5 Å². The number of hydrogen-bond acceptors (Lipinski definition) is 4. The van der Waals surface area contributed by atoms with Crippen molar-refractivity contribution in [3.63, 3.8) is 0 Å². The van der Waals surface area contributed by atoms with Gasteiger partial charge >= 0.3 is 0 Å². The highest BCUT2D eigenvalue weighted by atomic mass is 32.2. The predicted molar refractivity (Wildman–Crippen MR) is 97.1 cm³/mol. The van der Waals surface area contributed by atoms with Crippen molar-refractivity contribution in [2.24, 2.45) is 0 Å². The molecular weight excluding hydrogens is 361 g/mol. The van der Waals surface area contributed by atoms with E-state index in [1.54, 1.807) is 31.4 Å². The van der Waals surface area contributed by atoms with Crippen LogP contribution >= 0.6 is 11.3 Å². The molecule has 0 N–H and O–H groups in total. The van der Waals surface area contributed by atoms with Crippen molar-refractivity contribution in [3.8, 4) is 5.75 Å². The molecule has 1 aromatic heterocycles. The topological polar surface area (TPSA) is 46.6 Å². The SMILES string of the molecule is COc1ccc(N(Cc2cccs2)S(=O)(=O)c2ccc(F)cc2)cc1. The summed E-state index contributed by atoms with van der Waals surface area (Å²) >= 11 is 1.48. The normalized spacial score (nSPS) is 11.3. The minimum Gasteiger partial charge on any atom is -0.497 e. The molecule has 0 bridgehead atoms. The summed E-state index contributed by atoms with van der Waals surface area (Å²) in [5.41, 5.74) is 0.513. The van der Waals surface area contributed by atoms with Crippen LogP contribution in [0.2, 0.25) is 0 Å². The number of halogens is 1. The minimum absolute atomic E-state index is 0.0428. The molecule has 0 unspecified atom stereocenters. The van der Waals surface area contributed by atoms with Gasteiger partial charge < -0.3 is 4.74 Å². The van der Waals surface area contributed by atoms with Crippen molar-refractivity contribution in [3.05, 3.63) is 76.7 Å². The molecule has 0 saturated heterocycles. The Morgan fingerprint density at radius 3 is 2.28 bits per heavy atom. The molecule has 4 nitrogen and oxygen atoms in total. The largest absolute Gasteiger partial charge is 0.497 e. The van der Waals surface area contributed by atoms with Gasteiger partial charge in [-0.2, -0.15) is 0 Å². The number of methoxy groups -OCH3 is 1. The van der Waals surface area contributed by atoms with Crippen LogP contribution in [0.15, 0.2) is 70.9 Å². The molecule has 0 amide bonds. The molecule has 0 spiro atoms. The van der Waals surface area contributed by atoms with E-state index in [9.17, 15) is 12.8 Å². The van der Waals surface area contributed by atoms with E-state index in [-0.39, 0.29) is 11.4 Å². The molecule has 0 aliphatic heterocycles. The second-order valence-electron chi connectivity index (χ2n) is 5.24. The Kier molecular flexibility index (Phi) is 5.06. The van der Waals surface area contributed by atoms with Crippen LogP contribution in [0.25, 0.3) is 0 Å². The molecule has 3 rings (SSSR count). The van der Waals surface area contributed by atoms with Crippen molar-refractivity contribution in [2.45, 2.75) is 11.4 Å². The first kappa shape index (κ1) is 17.4. The Bertz CT molecular complexity index is 921. The summed E-state index contributed by atoms with van der Waals surface area (Å²) in [6.45, 7) is 0.198. The Morgan fingerprint density at radius 2 is 1.72 bits per heavy atom. The predicted octanol–water partition coefficient (Wildman–Crippen LogP) is 4.29. The first-order valence-corrected chi connectivity index (χ1v) is 9.77. The van der Waals surface area contributed by atoms with Gasteiger partial charge in [-0.1, -0.05) is 6.07 Å². The molecule has 0 radical (unpaired) electrons. The van der Waals surface area contributed by atoms with E-state index in [2.05, 4.69) is 0 Å². The van der Waals surface area contributed by atoms with Crippen LogP contribution in [0.1, 0.15) is 4.88 Å². The Labute approximate surface area is 150 Å². The van der Waals surface area contributed by atoms with Gasteiger partial charge in [0.2, 0.25) is 0 Å². The molecular formula is C18H16FNO3S2. The summed E-state index contributed by atoms with van der Waals surface area (Å²) in [6.07, 6.45) is 0. The summed E-state index contributed by atoms with van der Waals surface area (Å²) in [5, 5.41) is 1.89. The number of ether oxygens (including phenoxy) is 1. The maximum absolute atomic E-state index is 13.2. The van der Waals surface area contributed by atoms with Gasteiger partial charge in [-0.05, 0) is 60.0 Å². The van der Waals surface area contributed by atoms with E-state index in [0.29, 0.717) is 11.4 Å². The van der Waals surface area contributed by atoms with Gasteiger partial charge in [-0.3, -0.25) is 4.31 Å². The molecule has 0 saturated carbocycles. The van der Waals surface area contributed by atoms with Crippen LogP contribution in [0.4, 0.5) is 10.1 Å². The summed E-state index contributed by atoms with van der Waals surface area (Å²) in [5.74, 6) is 0.159. The molecule has 7 heteroatoms. The number of hydrogen-bond donors (Lipinski definition) is 0. The standard InChI is InChI=1S/C18H16FNO3S2/c1-23-16-8-6-15(7-9-16)20(13-17-3-2-12-24-17)25(21,22)18-10-4-14(19)5-11-18/h2-12H,13H2,1H3. The maximum Gasteiger partial charge on any atom is 0.264 e. The molecule has 0 atom stereocenters. The molecule has 25 heavy (non-hydrogen) atoms. The van der Waals surface area contributed by atoms with Crippen molar-refractivity contribution in [1.29, 1.82) is 0 Å². The van der Waals surface area contributed by atoms with Gasteiger partial charge in [-0.15, -0.1) is 11.3 Å². The monoisotopic (exact) mass is 377 g/mol. The number of nitrogens with zero attached hydrogens (tertiary/aromatic N) is 1. The van der Waals surface area contributed by atoms with Gasteiger partial charge in [0.05, 0.1) is 24.2 Å². The average Bonchev–Trinajstić information content (AvgIpc) is 3.13. The number of benzene rings is 2. The first-order chi connectivity index (χ1) is 12.0. The highest BCUT2D eigenvalue weighted by molar-refractivity contribution is 7.92. The number of anilines is 1. The number of sulfonamides is 1. The highest BCUT2D eigenvalue weighted by Crippen LogP contribution is 2.28. The van der Waals surface area contributed by atoms with Crippen LogP contribution in [0, 0.1) is 5.82 Å². The Morgan fingerprint density at radius 1 is 1.04 bits per heavy atom. The van der Waals surface area contributed by atoms with E-state index in [4.69, 9.17) is 4.74 Å². The lowest BCUT2D eigenvalue weighted by molar-refractivity contribution is 0.415. The van der Waals surface area contributed by atoms with E-state index in [0.717, 1.165) is 17.0 Å². The molecule has 0 fully saturated rings. The average molecular weight is 377 g/mol. The minimum atomic E-state index is -3.83. The molecule has 130 valence electrons. The molecule has 0 aliphatic carbocycles. The third kappa shape index (κ3) is 3.83. The van der Waals surface area contributed by atoms with Crippen molar-refractivity contribution in [2.75, 3.05) is 11.4 Å². The zero-order valence-corrected chi connectivity index (χ0v) is 15.1. The van der Waals surface area contributed by atoms with Gasteiger partial charge in [0.15, 0.2) is 0 Å². The summed E-state index contributed by atoms with van der Waals surface area (Å²) in [6, 6.07) is 15.4. The summed E-state index contributed by atoms with van der Waals surface area (Å²) < 4.78 is 45.8. The number of thiophene rings is 1. The molecule has 2 aromatic carbocycles. The van der Waals surface area contributed by atoms with E-state index in [1.165, 1.54) is 27.8 Å². The van der Waals surface area contributed by atoms with Crippen LogP contribution < -0.4 is 9.04 Å². The second kappa shape index (κ2) is 7.25. The van der Waals surface area contributed by atoms with E-state index in [1.807, 2.05) is 17.5 Å². The van der Waals surface area contributed by atoms with Gasteiger partial charge in [0, 0.05) is 4.88 Å². The highest BCUT2D eigenvalue weighted by Gasteiger charge is 2.25. The quantitative estimate of drug-likeness (QED) is 0.644. The van der Waals surface area contributed by atoms with E-state index >= 15 is 0 Å². The maximum atomic E-state index is 13.2. The van der Waals surface area contributed by atoms with Gasteiger partial charge in [0.25, 0.3) is 10.0 Å². The zero-order chi connectivity index (χ0) is 17.9. The summed E-state index contributed by atoms with van der Waals surface area (Å²) in [7, 11) is -2.28. The van der Waals surface area contributed by atoms with Crippen molar-refractivity contribution >= 4 is 27.0 Å². The van der Waals surface area contributed by atoms with Crippen molar-refractivity contribution < 1.29 is 17.5 Å².